The van der Waals surface area contributed by atoms with Crippen molar-refractivity contribution < 1.29 is 17.7 Å². The standard InChI is InChI=1S/C12H12F3N3O/c1-6-4-3-5-8(7(6)2)9(16)10-17-11(19-18-10)12(13,14)15/h3-5,9H,16H2,1-2H3. The molecule has 1 aromatic carbocycles. The maximum absolute atomic E-state index is 12.4. The van der Waals surface area contributed by atoms with Crippen molar-refractivity contribution in [2.45, 2.75) is 26.1 Å². The zero-order chi connectivity index (χ0) is 14.2. The van der Waals surface area contributed by atoms with Crippen molar-refractivity contribution in [2.75, 3.05) is 0 Å². The predicted octanol–water partition coefficient (Wildman–Crippen LogP) is 2.75. The molecule has 0 saturated carbocycles. The Balaban J connectivity index is 2.37. The van der Waals surface area contributed by atoms with Crippen molar-refractivity contribution in [3.05, 3.63) is 46.6 Å². The number of nitrogens with two attached hydrogens (primary N) is 1. The molecular formula is C12H12F3N3O. The zero-order valence-corrected chi connectivity index (χ0v) is 10.3. The number of nitrogens with zero attached hydrogens (tertiary/aromatic N) is 2. The van der Waals surface area contributed by atoms with Gasteiger partial charge in [0.2, 0.25) is 0 Å². The summed E-state index contributed by atoms with van der Waals surface area (Å²) in [6.07, 6.45) is -4.66. The first-order valence-electron chi connectivity index (χ1n) is 5.53. The molecule has 0 spiro atoms. The topological polar surface area (TPSA) is 64.9 Å². The van der Waals surface area contributed by atoms with Crippen molar-refractivity contribution in [1.82, 2.24) is 10.1 Å². The van der Waals surface area contributed by atoms with Gasteiger partial charge in [-0.3, -0.25) is 0 Å². The summed E-state index contributed by atoms with van der Waals surface area (Å²) >= 11 is 0. The molecule has 0 fully saturated rings. The SMILES string of the molecule is Cc1cccc(C(N)c2noc(C(F)(F)F)n2)c1C. The minimum Gasteiger partial charge on any atom is -0.329 e. The smallest absolute Gasteiger partial charge is 0.329 e. The van der Waals surface area contributed by atoms with Crippen LogP contribution in [0.2, 0.25) is 0 Å². The number of benzene rings is 1. The summed E-state index contributed by atoms with van der Waals surface area (Å²) in [5.74, 6) is -1.57. The first kappa shape index (κ1) is 13.5. The van der Waals surface area contributed by atoms with Crippen molar-refractivity contribution in [2.24, 2.45) is 5.73 Å². The molecule has 2 rings (SSSR count). The van der Waals surface area contributed by atoms with Gasteiger partial charge in [-0.25, -0.2) is 0 Å². The van der Waals surface area contributed by atoms with Crippen LogP contribution in [0, 0.1) is 13.8 Å². The summed E-state index contributed by atoms with van der Waals surface area (Å²) in [7, 11) is 0. The minimum atomic E-state index is -4.66. The Labute approximate surface area is 107 Å². The van der Waals surface area contributed by atoms with Crippen LogP contribution < -0.4 is 5.73 Å². The second kappa shape index (κ2) is 4.65. The zero-order valence-electron chi connectivity index (χ0n) is 10.3. The Morgan fingerprint density at radius 1 is 1.26 bits per heavy atom. The summed E-state index contributed by atoms with van der Waals surface area (Å²) < 4.78 is 41.3. The highest BCUT2D eigenvalue weighted by atomic mass is 19.4. The van der Waals surface area contributed by atoms with Crippen LogP contribution in [-0.2, 0) is 6.18 Å². The highest BCUT2D eigenvalue weighted by Gasteiger charge is 2.39. The van der Waals surface area contributed by atoms with E-state index in [0.29, 0.717) is 5.56 Å². The lowest BCUT2D eigenvalue weighted by atomic mass is 9.98. The van der Waals surface area contributed by atoms with Crippen LogP contribution in [-0.4, -0.2) is 10.1 Å². The average Bonchev–Trinajstić information content (AvgIpc) is 2.81. The Morgan fingerprint density at radius 3 is 2.53 bits per heavy atom. The van der Waals surface area contributed by atoms with E-state index in [-0.39, 0.29) is 5.82 Å². The molecule has 4 nitrogen and oxygen atoms in total. The lowest BCUT2D eigenvalue weighted by Crippen LogP contribution is -2.16. The first-order chi connectivity index (χ1) is 8.80. The Hall–Kier alpha value is -1.89. The number of hydrogen-bond donors (Lipinski definition) is 1. The third kappa shape index (κ3) is 2.60. The number of alkyl halides is 3. The molecule has 1 atom stereocenters. The third-order valence-electron chi connectivity index (χ3n) is 2.94. The monoisotopic (exact) mass is 271 g/mol. The molecule has 0 amide bonds. The van der Waals surface area contributed by atoms with Gasteiger partial charge in [-0.05, 0) is 30.5 Å². The third-order valence-corrected chi connectivity index (χ3v) is 2.94. The largest absolute Gasteiger partial charge is 0.471 e. The molecule has 2 aromatic rings. The molecule has 1 aromatic heterocycles. The van der Waals surface area contributed by atoms with Crippen LogP contribution >= 0.6 is 0 Å². The molecule has 7 heteroatoms. The minimum absolute atomic E-state index is 0.180. The highest BCUT2D eigenvalue weighted by Crippen LogP contribution is 2.29. The van der Waals surface area contributed by atoms with Gasteiger partial charge >= 0.3 is 12.1 Å². The molecule has 102 valence electrons. The van der Waals surface area contributed by atoms with E-state index < -0.39 is 18.1 Å². The summed E-state index contributed by atoms with van der Waals surface area (Å²) in [5.41, 5.74) is 8.46. The van der Waals surface area contributed by atoms with Crippen LogP contribution in [0.5, 0.6) is 0 Å². The molecule has 0 saturated heterocycles. The van der Waals surface area contributed by atoms with E-state index in [1.54, 1.807) is 12.1 Å². The van der Waals surface area contributed by atoms with Gasteiger partial charge in [-0.1, -0.05) is 23.4 Å². The molecule has 0 radical (unpaired) electrons. The number of hydrogen-bond acceptors (Lipinski definition) is 4. The van der Waals surface area contributed by atoms with E-state index >= 15 is 0 Å². The van der Waals surface area contributed by atoms with Crippen LogP contribution in [0.4, 0.5) is 13.2 Å². The van der Waals surface area contributed by atoms with Gasteiger partial charge in [0.25, 0.3) is 0 Å². The quantitative estimate of drug-likeness (QED) is 0.912. The molecule has 1 unspecified atom stereocenters. The summed E-state index contributed by atoms with van der Waals surface area (Å²) in [6, 6.07) is 4.56. The number of rotatable bonds is 2. The van der Waals surface area contributed by atoms with E-state index in [1.165, 1.54) is 0 Å². The van der Waals surface area contributed by atoms with E-state index in [9.17, 15) is 13.2 Å². The number of halogens is 3. The fraction of sp³-hybridized carbons (Fsp3) is 0.333. The van der Waals surface area contributed by atoms with Gasteiger partial charge in [0.15, 0.2) is 5.82 Å². The van der Waals surface area contributed by atoms with Crippen LogP contribution in [0.25, 0.3) is 0 Å². The van der Waals surface area contributed by atoms with Gasteiger partial charge in [-0.15, -0.1) is 0 Å². The molecule has 19 heavy (non-hydrogen) atoms. The number of aromatic nitrogens is 2. The van der Waals surface area contributed by atoms with Crippen LogP contribution in [0.1, 0.15) is 34.4 Å². The second-order valence-electron chi connectivity index (χ2n) is 4.22. The maximum Gasteiger partial charge on any atom is 0.471 e. The summed E-state index contributed by atoms with van der Waals surface area (Å²) in [6.45, 7) is 3.73. The van der Waals surface area contributed by atoms with E-state index in [1.807, 2.05) is 19.9 Å². The molecule has 0 bridgehead atoms. The van der Waals surface area contributed by atoms with Gasteiger partial charge in [0.1, 0.15) is 0 Å². The Bertz CT molecular complexity index is 592. The van der Waals surface area contributed by atoms with Crippen molar-refractivity contribution in [1.29, 1.82) is 0 Å². The molecule has 0 aliphatic heterocycles. The Kier molecular flexibility index (Phi) is 3.32. The Morgan fingerprint density at radius 2 is 1.95 bits per heavy atom. The van der Waals surface area contributed by atoms with Gasteiger partial charge in [0.05, 0.1) is 6.04 Å². The first-order valence-corrected chi connectivity index (χ1v) is 5.53. The fourth-order valence-corrected chi connectivity index (χ4v) is 1.73. The molecular weight excluding hydrogens is 259 g/mol. The second-order valence-corrected chi connectivity index (χ2v) is 4.22. The van der Waals surface area contributed by atoms with Crippen molar-refractivity contribution >= 4 is 0 Å². The van der Waals surface area contributed by atoms with E-state index in [0.717, 1.165) is 11.1 Å². The lowest BCUT2D eigenvalue weighted by Gasteiger charge is -2.12. The molecule has 0 aliphatic carbocycles. The summed E-state index contributed by atoms with van der Waals surface area (Å²) in [5, 5.41) is 3.30. The van der Waals surface area contributed by atoms with Gasteiger partial charge in [0, 0.05) is 0 Å². The highest BCUT2D eigenvalue weighted by molar-refractivity contribution is 5.37. The van der Waals surface area contributed by atoms with Crippen LogP contribution in [0.3, 0.4) is 0 Å². The van der Waals surface area contributed by atoms with Gasteiger partial charge in [-0.2, -0.15) is 18.2 Å². The van der Waals surface area contributed by atoms with E-state index in [2.05, 4.69) is 14.7 Å². The maximum atomic E-state index is 12.4. The van der Waals surface area contributed by atoms with Crippen molar-refractivity contribution in [3.63, 3.8) is 0 Å². The van der Waals surface area contributed by atoms with E-state index in [4.69, 9.17) is 5.73 Å². The fourth-order valence-electron chi connectivity index (χ4n) is 1.73. The summed E-state index contributed by atoms with van der Waals surface area (Å²) in [4.78, 5) is 3.30. The average molecular weight is 271 g/mol. The van der Waals surface area contributed by atoms with Crippen molar-refractivity contribution in [3.8, 4) is 0 Å². The molecule has 1 heterocycles. The molecule has 2 N–H and O–H groups in total. The normalized spacial score (nSPS) is 13.6. The van der Waals surface area contributed by atoms with Crippen LogP contribution in [0.15, 0.2) is 22.7 Å². The predicted molar refractivity (Wildman–Crippen MR) is 61.2 cm³/mol. The lowest BCUT2D eigenvalue weighted by molar-refractivity contribution is -0.159. The number of aryl methyl sites for hydroxylation is 1. The molecule has 0 aliphatic rings. The van der Waals surface area contributed by atoms with Gasteiger partial charge < -0.3 is 10.3 Å².